The van der Waals surface area contributed by atoms with Gasteiger partial charge in [0.25, 0.3) is 5.91 Å². The summed E-state index contributed by atoms with van der Waals surface area (Å²) < 4.78 is 38.1. The highest BCUT2D eigenvalue weighted by Crippen LogP contribution is 2.23. The SMILES string of the molecule is COc1ccccc1CNC(=O)COC(=O)c1cc(S(N)(=O)=O)ccc1OC. The number of hydrogen-bond acceptors (Lipinski definition) is 7. The maximum absolute atomic E-state index is 12.2. The number of methoxy groups -OCH3 is 2. The summed E-state index contributed by atoms with van der Waals surface area (Å²) in [6, 6.07) is 10.6. The number of para-hydroxylation sites is 1. The number of benzene rings is 2. The molecule has 9 nitrogen and oxygen atoms in total. The monoisotopic (exact) mass is 408 g/mol. The summed E-state index contributed by atoms with van der Waals surface area (Å²) in [7, 11) is -1.19. The lowest BCUT2D eigenvalue weighted by atomic mass is 10.2. The van der Waals surface area contributed by atoms with Gasteiger partial charge in [0.15, 0.2) is 6.61 Å². The van der Waals surface area contributed by atoms with Gasteiger partial charge in [0.05, 0.1) is 19.1 Å². The van der Waals surface area contributed by atoms with Crippen molar-refractivity contribution in [3.8, 4) is 11.5 Å². The molecule has 0 saturated heterocycles. The molecule has 0 saturated carbocycles. The molecule has 150 valence electrons. The molecule has 0 heterocycles. The number of nitrogens with one attached hydrogen (secondary N) is 1. The standard InChI is InChI=1S/C18H20N2O7S/c1-25-15-6-4-3-5-12(15)10-20-17(21)11-27-18(22)14-9-13(28(19,23)24)7-8-16(14)26-2/h3-9H,10-11H2,1-2H3,(H,20,21)(H2,19,23,24). The van der Waals surface area contributed by atoms with Crippen LogP contribution in [0.2, 0.25) is 0 Å². The zero-order valence-electron chi connectivity index (χ0n) is 15.3. The van der Waals surface area contributed by atoms with Crippen LogP contribution in [-0.2, 0) is 26.1 Å². The van der Waals surface area contributed by atoms with Crippen molar-refractivity contribution < 1.29 is 32.2 Å². The predicted molar refractivity (Wildman–Crippen MR) is 99.5 cm³/mol. The third-order valence-corrected chi connectivity index (χ3v) is 4.63. The average molecular weight is 408 g/mol. The average Bonchev–Trinajstić information content (AvgIpc) is 2.69. The first kappa shape index (κ1) is 21.2. The third kappa shape index (κ3) is 5.44. The Morgan fingerprint density at radius 2 is 1.71 bits per heavy atom. The number of rotatable bonds is 8. The molecular weight excluding hydrogens is 388 g/mol. The number of carbonyl (C=O) groups excluding carboxylic acids is 2. The van der Waals surface area contributed by atoms with E-state index in [0.29, 0.717) is 5.75 Å². The summed E-state index contributed by atoms with van der Waals surface area (Å²) in [5.41, 5.74) is 0.596. The molecule has 0 fully saturated rings. The van der Waals surface area contributed by atoms with Gasteiger partial charge in [-0.15, -0.1) is 0 Å². The minimum absolute atomic E-state index is 0.0897. The maximum Gasteiger partial charge on any atom is 0.342 e. The van der Waals surface area contributed by atoms with Gasteiger partial charge in [0.2, 0.25) is 10.0 Å². The first-order chi connectivity index (χ1) is 13.3. The van der Waals surface area contributed by atoms with E-state index < -0.39 is 28.5 Å². The number of amides is 1. The van der Waals surface area contributed by atoms with Crippen LogP contribution < -0.4 is 19.9 Å². The Bertz CT molecular complexity index is 974. The van der Waals surface area contributed by atoms with Gasteiger partial charge in [0, 0.05) is 12.1 Å². The van der Waals surface area contributed by atoms with Gasteiger partial charge in [-0.05, 0) is 24.3 Å². The fourth-order valence-electron chi connectivity index (χ4n) is 2.33. The van der Waals surface area contributed by atoms with Gasteiger partial charge >= 0.3 is 5.97 Å². The second-order valence-electron chi connectivity index (χ2n) is 5.57. The number of primary sulfonamides is 1. The molecule has 0 unspecified atom stereocenters. The summed E-state index contributed by atoms with van der Waals surface area (Å²) in [4.78, 5) is 23.9. The number of ether oxygens (including phenoxy) is 3. The largest absolute Gasteiger partial charge is 0.496 e. The molecular formula is C18H20N2O7S. The molecule has 0 atom stereocenters. The van der Waals surface area contributed by atoms with Crippen LogP contribution in [-0.4, -0.2) is 41.1 Å². The highest BCUT2D eigenvalue weighted by atomic mass is 32.2. The highest BCUT2D eigenvalue weighted by molar-refractivity contribution is 7.89. The van der Waals surface area contributed by atoms with Crippen LogP contribution in [0.4, 0.5) is 0 Å². The summed E-state index contributed by atoms with van der Waals surface area (Å²) in [6.45, 7) is -0.374. The summed E-state index contributed by atoms with van der Waals surface area (Å²) in [6.07, 6.45) is 0. The van der Waals surface area contributed by atoms with Crippen molar-refractivity contribution in [1.82, 2.24) is 5.32 Å². The van der Waals surface area contributed by atoms with Crippen LogP contribution in [0, 0.1) is 0 Å². The summed E-state index contributed by atoms with van der Waals surface area (Å²) >= 11 is 0. The quantitative estimate of drug-likeness (QED) is 0.618. The van der Waals surface area contributed by atoms with E-state index in [1.165, 1.54) is 26.4 Å². The Labute approximate surface area is 162 Å². The van der Waals surface area contributed by atoms with Crippen LogP contribution in [0.1, 0.15) is 15.9 Å². The van der Waals surface area contributed by atoms with Crippen molar-refractivity contribution in [2.75, 3.05) is 20.8 Å². The zero-order chi connectivity index (χ0) is 20.7. The Morgan fingerprint density at radius 3 is 2.36 bits per heavy atom. The molecule has 0 aromatic heterocycles. The lowest BCUT2D eigenvalue weighted by molar-refractivity contribution is -0.124. The lowest BCUT2D eigenvalue weighted by Crippen LogP contribution is -2.28. The van der Waals surface area contributed by atoms with E-state index in [0.717, 1.165) is 11.6 Å². The van der Waals surface area contributed by atoms with Crippen molar-refractivity contribution in [2.45, 2.75) is 11.4 Å². The number of esters is 1. The van der Waals surface area contributed by atoms with E-state index >= 15 is 0 Å². The minimum Gasteiger partial charge on any atom is -0.496 e. The molecule has 0 aliphatic carbocycles. The second kappa shape index (κ2) is 9.20. The molecule has 2 aromatic carbocycles. The predicted octanol–water partition coefficient (Wildman–Crippen LogP) is 0.824. The first-order valence-electron chi connectivity index (χ1n) is 8.02. The maximum atomic E-state index is 12.2. The fraction of sp³-hybridized carbons (Fsp3) is 0.222. The van der Waals surface area contributed by atoms with Gasteiger partial charge in [-0.2, -0.15) is 0 Å². The number of hydrogen-bond donors (Lipinski definition) is 2. The van der Waals surface area contributed by atoms with Crippen molar-refractivity contribution >= 4 is 21.9 Å². The second-order valence-corrected chi connectivity index (χ2v) is 7.13. The van der Waals surface area contributed by atoms with E-state index in [4.69, 9.17) is 19.3 Å². The van der Waals surface area contributed by atoms with Gasteiger partial charge in [-0.25, -0.2) is 18.4 Å². The molecule has 28 heavy (non-hydrogen) atoms. The molecule has 0 spiro atoms. The lowest BCUT2D eigenvalue weighted by Gasteiger charge is -2.11. The molecule has 0 aliphatic rings. The van der Waals surface area contributed by atoms with Crippen LogP contribution in [0.15, 0.2) is 47.4 Å². The van der Waals surface area contributed by atoms with Gasteiger partial charge in [-0.1, -0.05) is 18.2 Å². The van der Waals surface area contributed by atoms with Gasteiger partial charge < -0.3 is 19.5 Å². The highest BCUT2D eigenvalue weighted by Gasteiger charge is 2.19. The normalized spacial score (nSPS) is 10.8. The molecule has 3 N–H and O–H groups in total. The Hall–Kier alpha value is -3.11. The molecule has 10 heteroatoms. The number of sulfonamides is 1. The Kier molecular flexibility index (Phi) is 6.96. The molecule has 0 bridgehead atoms. The van der Waals surface area contributed by atoms with Crippen molar-refractivity contribution in [3.05, 3.63) is 53.6 Å². The molecule has 2 aromatic rings. The van der Waals surface area contributed by atoms with E-state index in [-0.39, 0.29) is 22.8 Å². The van der Waals surface area contributed by atoms with E-state index in [9.17, 15) is 18.0 Å². The van der Waals surface area contributed by atoms with E-state index in [1.807, 2.05) is 0 Å². The molecule has 1 amide bonds. The number of nitrogens with two attached hydrogens (primary N) is 1. The van der Waals surface area contributed by atoms with Crippen LogP contribution in [0.25, 0.3) is 0 Å². The fourth-order valence-corrected chi connectivity index (χ4v) is 2.87. The van der Waals surface area contributed by atoms with Gasteiger partial charge in [0.1, 0.15) is 17.1 Å². The van der Waals surface area contributed by atoms with Gasteiger partial charge in [-0.3, -0.25) is 4.79 Å². The van der Waals surface area contributed by atoms with Crippen molar-refractivity contribution in [2.24, 2.45) is 5.14 Å². The molecule has 2 rings (SSSR count). The first-order valence-corrected chi connectivity index (χ1v) is 9.57. The summed E-state index contributed by atoms with van der Waals surface area (Å²) in [5.74, 6) is -0.758. The molecule has 0 aliphatic heterocycles. The van der Waals surface area contributed by atoms with Crippen LogP contribution in [0.3, 0.4) is 0 Å². The summed E-state index contributed by atoms with van der Waals surface area (Å²) in [5, 5.41) is 7.66. The zero-order valence-corrected chi connectivity index (χ0v) is 16.1. The number of carbonyl (C=O) groups is 2. The van der Waals surface area contributed by atoms with Crippen molar-refractivity contribution in [3.63, 3.8) is 0 Å². The van der Waals surface area contributed by atoms with E-state index in [1.54, 1.807) is 24.3 Å². The van der Waals surface area contributed by atoms with Crippen LogP contribution >= 0.6 is 0 Å². The Morgan fingerprint density at radius 1 is 1.04 bits per heavy atom. The molecule has 0 radical (unpaired) electrons. The topological polar surface area (TPSA) is 134 Å². The smallest absolute Gasteiger partial charge is 0.342 e. The van der Waals surface area contributed by atoms with Crippen molar-refractivity contribution in [1.29, 1.82) is 0 Å². The van der Waals surface area contributed by atoms with Crippen LogP contribution in [0.5, 0.6) is 11.5 Å². The third-order valence-electron chi connectivity index (χ3n) is 3.72. The minimum atomic E-state index is -4.02. The Balaban J connectivity index is 2.00. The van der Waals surface area contributed by atoms with E-state index in [2.05, 4.69) is 5.32 Å².